The van der Waals surface area contributed by atoms with Crippen molar-refractivity contribution in [1.82, 2.24) is 4.98 Å². The summed E-state index contributed by atoms with van der Waals surface area (Å²) in [6.07, 6.45) is 1.46. The maximum Gasteiger partial charge on any atom is 0.127 e. The number of halogens is 2. The van der Waals surface area contributed by atoms with E-state index in [1.54, 1.807) is 6.07 Å². The van der Waals surface area contributed by atoms with Gasteiger partial charge in [0.1, 0.15) is 5.82 Å². The fourth-order valence-electron chi connectivity index (χ4n) is 3.75. The molecule has 4 N–H and O–H groups in total. The number of anilines is 1. The maximum absolute atomic E-state index is 6.55. The molecular formula is C21H19Cl2N3. The standard InChI is InChI=1S/C21H19Cl2N3/c1-11-2-3-12-9-17-19(14-5-4-13(22)10-18(14)23)15(6-7-24)21(25)26-20(17)16(12)8-11/h2-5,8,10H,6-7,9,24H2,1H3,(H2,25,26). The van der Waals surface area contributed by atoms with E-state index in [9.17, 15) is 0 Å². The molecule has 0 amide bonds. The minimum atomic E-state index is 0.495. The molecule has 1 aromatic heterocycles. The van der Waals surface area contributed by atoms with Crippen LogP contribution in [0.25, 0.3) is 22.4 Å². The van der Waals surface area contributed by atoms with Crippen LogP contribution in [-0.4, -0.2) is 11.5 Å². The number of aromatic nitrogens is 1. The lowest BCUT2D eigenvalue weighted by molar-refractivity contribution is 0.962. The number of hydrogen-bond acceptors (Lipinski definition) is 3. The first-order valence-electron chi connectivity index (χ1n) is 8.56. The number of nitrogens with two attached hydrogens (primary N) is 2. The first kappa shape index (κ1) is 17.3. The van der Waals surface area contributed by atoms with E-state index in [4.69, 9.17) is 39.7 Å². The van der Waals surface area contributed by atoms with Crippen LogP contribution in [0.2, 0.25) is 10.0 Å². The van der Waals surface area contributed by atoms with E-state index in [0.717, 1.165) is 39.9 Å². The van der Waals surface area contributed by atoms with E-state index in [2.05, 4.69) is 25.1 Å². The average Bonchev–Trinajstić information content (AvgIpc) is 2.94. The molecule has 0 unspecified atom stereocenters. The van der Waals surface area contributed by atoms with Crippen molar-refractivity contribution in [3.8, 4) is 22.4 Å². The highest BCUT2D eigenvalue weighted by atomic mass is 35.5. The van der Waals surface area contributed by atoms with E-state index in [1.165, 1.54) is 11.1 Å². The van der Waals surface area contributed by atoms with Crippen molar-refractivity contribution in [3.63, 3.8) is 0 Å². The topological polar surface area (TPSA) is 64.9 Å². The summed E-state index contributed by atoms with van der Waals surface area (Å²) in [7, 11) is 0. The largest absolute Gasteiger partial charge is 0.383 e. The number of nitrogens with zero attached hydrogens (tertiary/aromatic N) is 1. The molecular weight excluding hydrogens is 365 g/mol. The summed E-state index contributed by atoms with van der Waals surface area (Å²) in [4.78, 5) is 4.74. The van der Waals surface area contributed by atoms with Crippen LogP contribution < -0.4 is 11.5 Å². The van der Waals surface area contributed by atoms with Crippen molar-refractivity contribution in [3.05, 3.63) is 68.7 Å². The molecule has 1 aliphatic rings. The molecule has 0 atom stereocenters. The van der Waals surface area contributed by atoms with Gasteiger partial charge in [0, 0.05) is 33.2 Å². The summed E-state index contributed by atoms with van der Waals surface area (Å²) in [6, 6.07) is 12.0. The average molecular weight is 384 g/mol. The van der Waals surface area contributed by atoms with Gasteiger partial charge >= 0.3 is 0 Å². The summed E-state index contributed by atoms with van der Waals surface area (Å²) < 4.78 is 0. The molecule has 0 bridgehead atoms. The zero-order chi connectivity index (χ0) is 18.4. The molecule has 5 heteroatoms. The third kappa shape index (κ3) is 2.77. The Hall–Kier alpha value is -2.07. The highest BCUT2D eigenvalue weighted by Gasteiger charge is 2.27. The van der Waals surface area contributed by atoms with E-state index >= 15 is 0 Å². The number of fused-ring (bicyclic) bond motifs is 3. The molecule has 0 saturated carbocycles. The van der Waals surface area contributed by atoms with Crippen molar-refractivity contribution < 1.29 is 0 Å². The molecule has 2 aromatic carbocycles. The Morgan fingerprint density at radius 3 is 2.62 bits per heavy atom. The van der Waals surface area contributed by atoms with Crippen LogP contribution in [0.15, 0.2) is 36.4 Å². The van der Waals surface area contributed by atoms with Gasteiger partial charge in [-0.05, 0) is 54.8 Å². The van der Waals surface area contributed by atoms with Gasteiger partial charge in [-0.2, -0.15) is 0 Å². The fraction of sp³-hybridized carbons (Fsp3) is 0.190. The van der Waals surface area contributed by atoms with Crippen LogP contribution in [-0.2, 0) is 12.8 Å². The van der Waals surface area contributed by atoms with Crippen molar-refractivity contribution in [2.45, 2.75) is 19.8 Å². The smallest absolute Gasteiger partial charge is 0.127 e. The van der Waals surface area contributed by atoms with Crippen LogP contribution in [0.5, 0.6) is 0 Å². The second-order valence-electron chi connectivity index (χ2n) is 6.68. The van der Waals surface area contributed by atoms with Gasteiger partial charge in [0.05, 0.1) is 5.69 Å². The molecule has 0 spiro atoms. The second-order valence-corrected chi connectivity index (χ2v) is 7.52. The Morgan fingerprint density at radius 2 is 1.88 bits per heavy atom. The Bertz CT molecular complexity index is 1030. The summed E-state index contributed by atoms with van der Waals surface area (Å²) in [5, 5.41) is 1.22. The minimum absolute atomic E-state index is 0.495. The highest BCUT2D eigenvalue weighted by molar-refractivity contribution is 6.36. The molecule has 26 heavy (non-hydrogen) atoms. The van der Waals surface area contributed by atoms with E-state index in [-0.39, 0.29) is 0 Å². The number of rotatable bonds is 3. The van der Waals surface area contributed by atoms with Gasteiger partial charge in [0.15, 0.2) is 0 Å². The second kappa shape index (κ2) is 6.58. The van der Waals surface area contributed by atoms with Gasteiger partial charge in [-0.25, -0.2) is 4.98 Å². The van der Waals surface area contributed by atoms with Crippen molar-refractivity contribution in [2.75, 3.05) is 12.3 Å². The molecule has 1 aliphatic carbocycles. The Morgan fingerprint density at radius 1 is 1.08 bits per heavy atom. The van der Waals surface area contributed by atoms with Gasteiger partial charge in [0.2, 0.25) is 0 Å². The molecule has 0 aliphatic heterocycles. The molecule has 132 valence electrons. The molecule has 4 rings (SSSR count). The molecule has 0 saturated heterocycles. The van der Waals surface area contributed by atoms with E-state index in [1.807, 2.05) is 12.1 Å². The molecule has 0 fully saturated rings. The van der Waals surface area contributed by atoms with Crippen molar-refractivity contribution >= 4 is 29.0 Å². The Balaban J connectivity index is 2.04. The zero-order valence-electron chi connectivity index (χ0n) is 14.4. The maximum atomic E-state index is 6.55. The van der Waals surface area contributed by atoms with Crippen LogP contribution >= 0.6 is 23.2 Å². The van der Waals surface area contributed by atoms with Crippen LogP contribution in [0.4, 0.5) is 5.82 Å². The van der Waals surface area contributed by atoms with E-state index < -0.39 is 0 Å². The Labute approximate surface area is 163 Å². The SMILES string of the molecule is Cc1ccc2c(c1)-c1nc(N)c(CCN)c(-c3ccc(Cl)cc3Cl)c1C2. The summed E-state index contributed by atoms with van der Waals surface area (Å²) in [5.74, 6) is 0.518. The monoisotopic (exact) mass is 383 g/mol. The number of aryl methyl sites for hydroxylation is 1. The zero-order valence-corrected chi connectivity index (χ0v) is 16.0. The predicted molar refractivity (Wildman–Crippen MR) is 110 cm³/mol. The van der Waals surface area contributed by atoms with Crippen molar-refractivity contribution in [1.29, 1.82) is 0 Å². The van der Waals surface area contributed by atoms with E-state index in [0.29, 0.717) is 28.8 Å². The summed E-state index contributed by atoms with van der Waals surface area (Å²) in [6.45, 7) is 2.58. The third-order valence-corrected chi connectivity index (χ3v) is 5.46. The van der Waals surface area contributed by atoms with Crippen LogP contribution in [0.3, 0.4) is 0 Å². The van der Waals surface area contributed by atoms with Crippen LogP contribution in [0.1, 0.15) is 22.3 Å². The lowest BCUT2D eigenvalue weighted by atomic mass is 9.92. The molecule has 3 nitrogen and oxygen atoms in total. The first-order chi connectivity index (χ1) is 12.5. The molecule has 1 heterocycles. The number of nitrogen functional groups attached to an aromatic ring is 1. The van der Waals surface area contributed by atoms with Gasteiger partial charge < -0.3 is 11.5 Å². The quantitative estimate of drug-likeness (QED) is 0.521. The first-order valence-corrected chi connectivity index (χ1v) is 9.31. The van der Waals surface area contributed by atoms with Crippen LogP contribution in [0, 0.1) is 6.92 Å². The molecule has 0 radical (unpaired) electrons. The fourth-order valence-corrected chi connectivity index (χ4v) is 4.25. The van der Waals surface area contributed by atoms with Gasteiger partial charge in [0.25, 0.3) is 0 Å². The lowest BCUT2D eigenvalue weighted by Gasteiger charge is -2.18. The van der Waals surface area contributed by atoms with Gasteiger partial charge in [-0.3, -0.25) is 0 Å². The lowest BCUT2D eigenvalue weighted by Crippen LogP contribution is -2.10. The predicted octanol–water partition coefficient (Wildman–Crippen LogP) is 5.02. The summed E-state index contributed by atoms with van der Waals surface area (Å²) >= 11 is 12.7. The summed E-state index contributed by atoms with van der Waals surface area (Å²) in [5.41, 5.74) is 20.9. The van der Waals surface area contributed by atoms with Gasteiger partial charge in [-0.1, -0.05) is 47.0 Å². The number of benzene rings is 2. The number of hydrogen-bond donors (Lipinski definition) is 2. The van der Waals surface area contributed by atoms with Gasteiger partial charge in [-0.15, -0.1) is 0 Å². The third-order valence-electron chi connectivity index (χ3n) is 4.91. The number of pyridine rings is 1. The minimum Gasteiger partial charge on any atom is -0.383 e. The normalized spacial score (nSPS) is 12.2. The Kier molecular flexibility index (Phi) is 4.39. The van der Waals surface area contributed by atoms with Crippen molar-refractivity contribution in [2.24, 2.45) is 5.73 Å². The highest BCUT2D eigenvalue weighted by Crippen LogP contribution is 2.45. The molecule has 3 aromatic rings.